The molecular weight excluding hydrogens is 665 g/mol. The molecule has 0 aliphatic heterocycles. The van der Waals surface area contributed by atoms with Gasteiger partial charge in [-0.1, -0.05) is 48.5 Å². The molecule has 244 valence electrons. The standard InChI is InChI=1S/C37H32N2O6S3/c1-37(2,48(5,43)44)29-21-27-10-7-19-38-32(27)31(22-29)26-8-6-9-28(20-26)34-33(23-15-17-30(18-16-23)47(4,41)42)39-35(46-34)24-11-13-25(14-12-24)36(40)45-3/h6-22H,1-5H3. The first-order valence-electron chi connectivity index (χ1n) is 14.9. The third-order valence-corrected chi connectivity index (χ3v) is 12.9. The van der Waals surface area contributed by atoms with Crippen LogP contribution in [-0.4, -0.2) is 52.4 Å². The molecule has 4 aromatic carbocycles. The Kier molecular flexibility index (Phi) is 8.57. The van der Waals surface area contributed by atoms with Gasteiger partial charge in [0.2, 0.25) is 0 Å². The topological polar surface area (TPSA) is 120 Å². The molecule has 0 fully saturated rings. The molecule has 0 spiro atoms. The number of pyridine rings is 1. The predicted octanol–water partition coefficient (Wildman–Crippen LogP) is 7.83. The van der Waals surface area contributed by atoms with Gasteiger partial charge < -0.3 is 4.74 Å². The zero-order valence-electron chi connectivity index (χ0n) is 26.9. The number of hydrogen-bond acceptors (Lipinski definition) is 9. The summed E-state index contributed by atoms with van der Waals surface area (Å²) >= 11 is 1.47. The Bertz CT molecular complexity index is 2410. The zero-order valence-corrected chi connectivity index (χ0v) is 29.3. The fraction of sp³-hybridized carbons (Fsp3) is 0.162. The van der Waals surface area contributed by atoms with Crippen LogP contribution in [-0.2, 0) is 29.2 Å². The van der Waals surface area contributed by atoms with Gasteiger partial charge in [-0.2, -0.15) is 0 Å². The maximum atomic E-state index is 12.8. The molecule has 6 rings (SSSR count). The van der Waals surface area contributed by atoms with Crippen molar-refractivity contribution in [1.29, 1.82) is 0 Å². The van der Waals surface area contributed by atoms with E-state index in [1.807, 2.05) is 60.7 Å². The zero-order chi connectivity index (χ0) is 34.4. The predicted molar refractivity (Wildman–Crippen MR) is 191 cm³/mol. The van der Waals surface area contributed by atoms with E-state index < -0.39 is 30.4 Å². The number of benzene rings is 4. The van der Waals surface area contributed by atoms with Crippen LogP contribution in [0.2, 0.25) is 0 Å². The van der Waals surface area contributed by atoms with E-state index in [1.165, 1.54) is 31.0 Å². The van der Waals surface area contributed by atoms with Gasteiger partial charge in [0, 0.05) is 40.8 Å². The van der Waals surface area contributed by atoms with Crippen LogP contribution in [0.1, 0.15) is 29.8 Å². The number of thiazole rings is 1. The van der Waals surface area contributed by atoms with Gasteiger partial charge in [0.25, 0.3) is 0 Å². The summed E-state index contributed by atoms with van der Waals surface area (Å²) in [7, 11) is -5.50. The number of esters is 1. The molecule has 48 heavy (non-hydrogen) atoms. The van der Waals surface area contributed by atoms with Crippen LogP contribution in [0.5, 0.6) is 0 Å². The van der Waals surface area contributed by atoms with Crippen molar-refractivity contribution in [3.05, 3.63) is 114 Å². The molecule has 0 bridgehead atoms. The Morgan fingerprint density at radius 3 is 2.08 bits per heavy atom. The molecule has 0 N–H and O–H groups in total. The fourth-order valence-corrected chi connectivity index (χ4v) is 7.63. The highest BCUT2D eigenvalue weighted by Gasteiger charge is 2.33. The first-order valence-corrected chi connectivity index (χ1v) is 19.5. The summed E-state index contributed by atoms with van der Waals surface area (Å²) in [6.45, 7) is 3.41. The summed E-state index contributed by atoms with van der Waals surface area (Å²) in [6.07, 6.45) is 4.13. The average Bonchev–Trinajstić information content (AvgIpc) is 3.52. The lowest BCUT2D eigenvalue weighted by molar-refractivity contribution is 0.0600. The van der Waals surface area contributed by atoms with Crippen LogP contribution in [0.3, 0.4) is 0 Å². The molecule has 2 heterocycles. The lowest BCUT2D eigenvalue weighted by atomic mass is 9.92. The number of ether oxygens (including phenoxy) is 1. The monoisotopic (exact) mass is 696 g/mol. The summed E-state index contributed by atoms with van der Waals surface area (Å²) in [6, 6.07) is 29.1. The lowest BCUT2D eigenvalue weighted by Crippen LogP contribution is -2.28. The molecule has 0 radical (unpaired) electrons. The molecular formula is C37H32N2O6S3. The average molecular weight is 697 g/mol. The summed E-state index contributed by atoms with van der Waals surface area (Å²) in [5, 5.41) is 1.53. The van der Waals surface area contributed by atoms with E-state index in [0.717, 1.165) is 43.6 Å². The first kappa shape index (κ1) is 33.2. The lowest BCUT2D eigenvalue weighted by Gasteiger charge is -2.24. The third kappa shape index (κ3) is 6.28. The van der Waals surface area contributed by atoms with Crippen molar-refractivity contribution in [3.63, 3.8) is 0 Å². The van der Waals surface area contributed by atoms with Crippen molar-refractivity contribution in [1.82, 2.24) is 9.97 Å². The normalized spacial score (nSPS) is 12.3. The Morgan fingerprint density at radius 1 is 0.771 bits per heavy atom. The largest absolute Gasteiger partial charge is 0.465 e. The van der Waals surface area contributed by atoms with Gasteiger partial charge in [-0.25, -0.2) is 26.6 Å². The van der Waals surface area contributed by atoms with Crippen LogP contribution >= 0.6 is 11.3 Å². The maximum Gasteiger partial charge on any atom is 0.337 e. The van der Waals surface area contributed by atoms with Crippen molar-refractivity contribution >= 4 is 47.9 Å². The maximum absolute atomic E-state index is 12.8. The number of carbonyl (C=O) groups excluding carboxylic acids is 1. The van der Waals surface area contributed by atoms with Gasteiger partial charge >= 0.3 is 5.97 Å². The van der Waals surface area contributed by atoms with Crippen molar-refractivity contribution in [2.24, 2.45) is 0 Å². The number of aromatic nitrogens is 2. The molecule has 0 saturated carbocycles. The Hall–Kier alpha value is -4.71. The first-order chi connectivity index (χ1) is 22.7. The van der Waals surface area contributed by atoms with Crippen LogP contribution in [0.15, 0.2) is 108 Å². The van der Waals surface area contributed by atoms with E-state index in [1.54, 1.807) is 56.4 Å². The summed E-state index contributed by atoms with van der Waals surface area (Å²) in [4.78, 5) is 22.8. The van der Waals surface area contributed by atoms with Gasteiger partial charge in [0.15, 0.2) is 19.7 Å². The van der Waals surface area contributed by atoms with Crippen molar-refractivity contribution in [2.45, 2.75) is 23.5 Å². The highest BCUT2D eigenvalue weighted by Crippen LogP contribution is 2.43. The van der Waals surface area contributed by atoms with Gasteiger partial charge in [0.05, 0.1) is 38.4 Å². The molecule has 11 heteroatoms. The molecule has 0 atom stereocenters. The summed E-state index contributed by atoms with van der Waals surface area (Å²) < 4.78 is 53.7. The summed E-state index contributed by atoms with van der Waals surface area (Å²) in [5.74, 6) is -0.434. The number of rotatable bonds is 8. The van der Waals surface area contributed by atoms with E-state index in [0.29, 0.717) is 21.8 Å². The number of hydrogen-bond donors (Lipinski definition) is 0. The molecule has 0 aliphatic carbocycles. The SMILES string of the molecule is COC(=O)c1ccc(-c2nc(-c3ccc(S(C)(=O)=O)cc3)c(-c3cccc(-c4cc(C(C)(C)S(C)(=O)=O)cc5cccnc45)c3)s2)cc1. The summed E-state index contributed by atoms with van der Waals surface area (Å²) in [5.41, 5.74) is 6.53. The van der Waals surface area contributed by atoms with Crippen molar-refractivity contribution in [3.8, 4) is 43.4 Å². The quantitative estimate of drug-likeness (QED) is 0.148. The van der Waals surface area contributed by atoms with Gasteiger partial charge in [-0.15, -0.1) is 11.3 Å². The van der Waals surface area contributed by atoms with E-state index in [-0.39, 0.29) is 4.90 Å². The Morgan fingerprint density at radius 2 is 1.44 bits per heavy atom. The minimum atomic E-state index is -3.45. The van der Waals surface area contributed by atoms with E-state index in [9.17, 15) is 21.6 Å². The van der Waals surface area contributed by atoms with Crippen LogP contribution < -0.4 is 0 Å². The number of nitrogens with zero attached hydrogens (tertiary/aromatic N) is 2. The van der Waals surface area contributed by atoms with E-state index in [2.05, 4.69) is 4.98 Å². The number of sulfone groups is 2. The van der Waals surface area contributed by atoms with Crippen LogP contribution in [0.25, 0.3) is 54.3 Å². The van der Waals surface area contributed by atoms with Crippen molar-refractivity contribution < 1.29 is 26.4 Å². The molecule has 0 saturated heterocycles. The molecule has 0 unspecified atom stereocenters. The Balaban J connectivity index is 1.53. The van der Waals surface area contributed by atoms with Gasteiger partial charge in [-0.3, -0.25) is 4.98 Å². The molecule has 0 amide bonds. The molecule has 0 aliphatic rings. The van der Waals surface area contributed by atoms with Crippen LogP contribution in [0, 0.1) is 0 Å². The minimum absolute atomic E-state index is 0.208. The third-order valence-electron chi connectivity index (χ3n) is 8.50. The number of carbonyl (C=O) groups is 1. The second kappa shape index (κ2) is 12.4. The molecule has 2 aromatic heterocycles. The number of methoxy groups -OCH3 is 1. The highest BCUT2D eigenvalue weighted by atomic mass is 32.2. The van der Waals surface area contributed by atoms with E-state index >= 15 is 0 Å². The molecule has 8 nitrogen and oxygen atoms in total. The second-order valence-electron chi connectivity index (χ2n) is 12.0. The van der Waals surface area contributed by atoms with Crippen molar-refractivity contribution in [2.75, 3.05) is 19.6 Å². The van der Waals surface area contributed by atoms with Gasteiger partial charge in [-0.05, 0) is 79.1 Å². The van der Waals surface area contributed by atoms with E-state index in [4.69, 9.17) is 9.72 Å². The highest BCUT2D eigenvalue weighted by molar-refractivity contribution is 7.91. The minimum Gasteiger partial charge on any atom is -0.465 e. The second-order valence-corrected chi connectivity index (χ2v) is 17.6. The fourth-order valence-electron chi connectivity index (χ4n) is 5.36. The number of fused-ring (bicyclic) bond motifs is 1. The van der Waals surface area contributed by atoms with Gasteiger partial charge in [0.1, 0.15) is 5.01 Å². The molecule has 6 aromatic rings. The van der Waals surface area contributed by atoms with Crippen LogP contribution in [0.4, 0.5) is 0 Å². The Labute approximate surface area is 284 Å². The smallest absolute Gasteiger partial charge is 0.337 e.